The van der Waals surface area contributed by atoms with Crippen LogP contribution in [0.25, 0.3) is 0 Å². The van der Waals surface area contributed by atoms with Crippen LogP contribution in [-0.2, 0) is 14.8 Å². The van der Waals surface area contributed by atoms with Gasteiger partial charge in [0.05, 0.1) is 4.90 Å². The molecule has 0 radical (unpaired) electrons. The highest BCUT2D eigenvalue weighted by atomic mass is 32.2. The van der Waals surface area contributed by atoms with Crippen molar-refractivity contribution in [3.63, 3.8) is 0 Å². The summed E-state index contributed by atoms with van der Waals surface area (Å²) in [5.74, 6) is 0.489. The van der Waals surface area contributed by atoms with E-state index in [9.17, 15) is 13.2 Å². The third-order valence-corrected chi connectivity index (χ3v) is 6.77. The number of ether oxygens (including phenoxy) is 1. The Morgan fingerprint density at radius 1 is 1.00 bits per heavy atom. The molecule has 8 heteroatoms. The van der Waals surface area contributed by atoms with Gasteiger partial charge in [-0.1, -0.05) is 35.9 Å². The zero-order chi connectivity index (χ0) is 20.7. The number of carbonyl (C=O) groups excluding carboxylic acids is 1. The zero-order valence-corrected chi connectivity index (χ0v) is 17.4. The molecule has 29 heavy (non-hydrogen) atoms. The number of nitrogens with one attached hydrogen (secondary N) is 1. The summed E-state index contributed by atoms with van der Waals surface area (Å²) in [5.41, 5.74) is 1.03. The van der Waals surface area contributed by atoms with E-state index in [1.54, 1.807) is 24.3 Å². The second-order valence-corrected chi connectivity index (χ2v) is 8.95. The maximum atomic E-state index is 12.7. The fourth-order valence-corrected chi connectivity index (χ4v) is 4.55. The topological polar surface area (TPSA) is 79.0 Å². The van der Waals surface area contributed by atoms with Crippen molar-refractivity contribution in [1.29, 1.82) is 0 Å². The summed E-state index contributed by atoms with van der Waals surface area (Å²) < 4.78 is 32.4. The predicted molar refractivity (Wildman–Crippen MR) is 111 cm³/mol. The van der Waals surface area contributed by atoms with Crippen LogP contribution in [0.5, 0.6) is 5.75 Å². The molecule has 0 bridgehead atoms. The minimum Gasteiger partial charge on any atom is -0.484 e. The van der Waals surface area contributed by atoms with Crippen molar-refractivity contribution < 1.29 is 17.9 Å². The Kier molecular flexibility index (Phi) is 7.24. The first-order valence-electron chi connectivity index (χ1n) is 9.69. The quantitative estimate of drug-likeness (QED) is 0.704. The van der Waals surface area contributed by atoms with E-state index in [1.165, 1.54) is 4.31 Å². The van der Waals surface area contributed by atoms with Gasteiger partial charge in [-0.2, -0.15) is 4.31 Å². The number of hydrogen-bond donors (Lipinski definition) is 1. The largest absolute Gasteiger partial charge is 0.484 e. The van der Waals surface area contributed by atoms with E-state index >= 15 is 0 Å². The van der Waals surface area contributed by atoms with E-state index in [0.29, 0.717) is 49.9 Å². The molecule has 1 N–H and O–H groups in total. The van der Waals surface area contributed by atoms with E-state index in [1.807, 2.05) is 37.3 Å². The standard InChI is InChI=1S/C21H27N3O4S/c1-18-7-9-20(10-8-18)29(26,27)24-15-13-23(14-16-24)12-11-22-21(25)17-28-19-5-3-2-4-6-19/h2-10H,11-17H2,1H3,(H,22,25). The van der Waals surface area contributed by atoms with Crippen LogP contribution in [0.3, 0.4) is 0 Å². The first kappa shape index (κ1) is 21.3. The van der Waals surface area contributed by atoms with Gasteiger partial charge in [-0.25, -0.2) is 8.42 Å². The molecule has 1 heterocycles. The van der Waals surface area contributed by atoms with Gasteiger partial charge in [-0.05, 0) is 31.2 Å². The molecule has 3 rings (SSSR count). The first-order chi connectivity index (χ1) is 13.9. The van der Waals surface area contributed by atoms with Crippen LogP contribution in [0, 0.1) is 6.92 Å². The Morgan fingerprint density at radius 2 is 1.66 bits per heavy atom. The highest BCUT2D eigenvalue weighted by molar-refractivity contribution is 7.89. The fourth-order valence-electron chi connectivity index (χ4n) is 3.12. The smallest absolute Gasteiger partial charge is 0.257 e. The summed E-state index contributed by atoms with van der Waals surface area (Å²) in [7, 11) is -3.45. The lowest BCUT2D eigenvalue weighted by Gasteiger charge is -2.34. The molecule has 0 unspecified atom stereocenters. The first-order valence-corrected chi connectivity index (χ1v) is 11.1. The number of amides is 1. The highest BCUT2D eigenvalue weighted by Crippen LogP contribution is 2.18. The third kappa shape index (κ3) is 6.03. The summed E-state index contributed by atoms with van der Waals surface area (Å²) in [6, 6.07) is 16.1. The number of para-hydroxylation sites is 1. The number of hydrogen-bond acceptors (Lipinski definition) is 5. The number of aryl methyl sites for hydroxylation is 1. The minimum absolute atomic E-state index is 0.0212. The molecular weight excluding hydrogens is 390 g/mol. The van der Waals surface area contributed by atoms with E-state index < -0.39 is 10.0 Å². The molecule has 1 aliphatic rings. The maximum Gasteiger partial charge on any atom is 0.257 e. The fraction of sp³-hybridized carbons (Fsp3) is 0.381. The average Bonchev–Trinajstić information content (AvgIpc) is 2.74. The molecule has 1 amide bonds. The Morgan fingerprint density at radius 3 is 2.31 bits per heavy atom. The van der Waals surface area contributed by atoms with Gasteiger partial charge < -0.3 is 10.1 Å². The zero-order valence-electron chi connectivity index (χ0n) is 16.6. The molecule has 0 aromatic heterocycles. The Hall–Kier alpha value is -2.42. The highest BCUT2D eigenvalue weighted by Gasteiger charge is 2.28. The van der Waals surface area contributed by atoms with Crippen molar-refractivity contribution in [3.8, 4) is 5.75 Å². The van der Waals surface area contributed by atoms with Gasteiger partial charge in [-0.3, -0.25) is 9.69 Å². The summed E-state index contributed by atoms with van der Waals surface area (Å²) in [6.45, 7) is 5.26. The van der Waals surface area contributed by atoms with Gasteiger partial charge in [0.15, 0.2) is 6.61 Å². The molecule has 0 spiro atoms. The van der Waals surface area contributed by atoms with E-state index in [-0.39, 0.29) is 12.5 Å². The summed E-state index contributed by atoms with van der Waals surface area (Å²) >= 11 is 0. The van der Waals surface area contributed by atoms with Crippen molar-refractivity contribution in [2.45, 2.75) is 11.8 Å². The van der Waals surface area contributed by atoms with Crippen LogP contribution in [0.1, 0.15) is 5.56 Å². The lowest BCUT2D eigenvalue weighted by atomic mass is 10.2. The van der Waals surface area contributed by atoms with Crippen LogP contribution < -0.4 is 10.1 Å². The molecule has 156 valence electrons. The molecule has 0 aliphatic carbocycles. The number of nitrogens with zero attached hydrogens (tertiary/aromatic N) is 2. The van der Waals surface area contributed by atoms with Crippen LogP contribution in [-0.4, -0.2) is 69.4 Å². The molecule has 7 nitrogen and oxygen atoms in total. The third-order valence-electron chi connectivity index (χ3n) is 4.85. The Balaban J connectivity index is 1.37. The van der Waals surface area contributed by atoms with Crippen LogP contribution in [0.2, 0.25) is 0 Å². The molecule has 0 atom stereocenters. The van der Waals surface area contributed by atoms with Gasteiger partial charge >= 0.3 is 0 Å². The summed E-state index contributed by atoms with van der Waals surface area (Å²) in [6.07, 6.45) is 0. The van der Waals surface area contributed by atoms with Crippen molar-refractivity contribution in [2.75, 3.05) is 45.9 Å². The van der Waals surface area contributed by atoms with Gasteiger partial charge in [0.1, 0.15) is 5.75 Å². The molecular formula is C21H27N3O4S. The van der Waals surface area contributed by atoms with Gasteiger partial charge in [-0.15, -0.1) is 0 Å². The lowest BCUT2D eigenvalue weighted by molar-refractivity contribution is -0.123. The van der Waals surface area contributed by atoms with Gasteiger partial charge in [0, 0.05) is 39.3 Å². The van der Waals surface area contributed by atoms with E-state index in [0.717, 1.165) is 5.56 Å². The lowest BCUT2D eigenvalue weighted by Crippen LogP contribution is -2.50. The molecule has 0 saturated carbocycles. The molecule has 2 aromatic carbocycles. The van der Waals surface area contributed by atoms with Crippen LogP contribution in [0.15, 0.2) is 59.5 Å². The Labute approximate surface area is 172 Å². The SMILES string of the molecule is Cc1ccc(S(=O)(=O)N2CCN(CCNC(=O)COc3ccccc3)CC2)cc1. The summed E-state index contributed by atoms with van der Waals surface area (Å²) in [5, 5.41) is 2.84. The predicted octanol–water partition coefficient (Wildman–Crippen LogP) is 1.50. The average molecular weight is 418 g/mol. The monoisotopic (exact) mass is 417 g/mol. The molecule has 1 fully saturated rings. The normalized spacial score (nSPS) is 15.8. The molecule has 2 aromatic rings. The van der Waals surface area contributed by atoms with Crippen molar-refractivity contribution in [3.05, 3.63) is 60.2 Å². The van der Waals surface area contributed by atoms with Crippen molar-refractivity contribution >= 4 is 15.9 Å². The van der Waals surface area contributed by atoms with Crippen LogP contribution in [0.4, 0.5) is 0 Å². The molecule has 1 aliphatic heterocycles. The number of carbonyl (C=O) groups is 1. The van der Waals surface area contributed by atoms with Gasteiger partial charge in [0.2, 0.25) is 10.0 Å². The second-order valence-electron chi connectivity index (χ2n) is 7.01. The maximum absolute atomic E-state index is 12.7. The number of benzene rings is 2. The molecule has 1 saturated heterocycles. The number of rotatable bonds is 8. The minimum atomic E-state index is -3.45. The van der Waals surface area contributed by atoms with Gasteiger partial charge in [0.25, 0.3) is 5.91 Å². The second kappa shape index (κ2) is 9.87. The van der Waals surface area contributed by atoms with E-state index in [2.05, 4.69) is 10.2 Å². The number of sulfonamides is 1. The van der Waals surface area contributed by atoms with E-state index in [4.69, 9.17) is 4.74 Å². The Bertz CT molecular complexity index is 893. The summed E-state index contributed by atoms with van der Waals surface area (Å²) in [4.78, 5) is 14.4. The van der Waals surface area contributed by atoms with Crippen molar-refractivity contribution in [1.82, 2.24) is 14.5 Å². The number of piperazine rings is 1. The van der Waals surface area contributed by atoms with Crippen molar-refractivity contribution in [2.24, 2.45) is 0 Å². The van der Waals surface area contributed by atoms with Crippen LogP contribution >= 0.6 is 0 Å².